The minimum absolute atomic E-state index is 0.0317. The van der Waals surface area contributed by atoms with E-state index in [-0.39, 0.29) is 11.7 Å². The van der Waals surface area contributed by atoms with Crippen LogP contribution in [0.4, 0.5) is 10.1 Å². The number of nitrogens with zero attached hydrogens (tertiary/aromatic N) is 3. The Bertz CT molecular complexity index is 1140. The molecule has 30 heavy (non-hydrogen) atoms. The van der Waals surface area contributed by atoms with Gasteiger partial charge in [-0.3, -0.25) is 4.79 Å². The van der Waals surface area contributed by atoms with E-state index in [1.165, 1.54) is 12.1 Å². The predicted octanol–water partition coefficient (Wildman–Crippen LogP) is 5.15. The lowest BCUT2D eigenvalue weighted by Gasteiger charge is -2.06. The van der Waals surface area contributed by atoms with Crippen molar-refractivity contribution in [1.29, 1.82) is 0 Å². The molecule has 3 aromatic carbocycles. The normalized spacial score (nSPS) is 10.7. The van der Waals surface area contributed by atoms with Gasteiger partial charge in [-0.2, -0.15) is 5.10 Å². The summed E-state index contributed by atoms with van der Waals surface area (Å²) in [6.45, 7) is 2.29. The first-order valence-corrected chi connectivity index (χ1v) is 9.77. The topological polar surface area (TPSA) is 59.8 Å². The standard InChI is InChI=1S/C24H21FN4O/c1-2-22(30)26-21-14-10-18(11-15-21)23-27-24(19-6-4-3-5-7-19)29(28-23)16-17-8-12-20(25)13-9-17/h3-15H,2,16H2,1H3,(H,26,30). The van der Waals surface area contributed by atoms with Crippen molar-refractivity contribution in [1.82, 2.24) is 14.8 Å². The predicted molar refractivity (Wildman–Crippen MR) is 115 cm³/mol. The van der Waals surface area contributed by atoms with Crippen molar-refractivity contribution >= 4 is 11.6 Å². The highest BCUT2D eigenvalue weighted by Crippen LogP contribution is 2.24. The van der Waals surface area contributed by atoms with E-state index in [4.69, 9.17) is 10.1 Å². The van der Waals surface area contributed by atoms with Crippen molar-refractivity contribution < 1.29 is 9.18 Å². The molecule has 0 bridgehead atoms. The van der Waals surface area contributed by atoms with Gasteiger partial charge in [-0.15, -0.1) is 0 Å². The molecule has 1 N–H and O–H groups in total. The number of nitrogens with one attached hydrogen (secondary N) is 1. The van der Waals surface area contributed by atoms with Crippen LogP contribution >= 0.6 is 0 Å². The Balaban J connectivity index is 1.68. The number of rotatable bonds is 6. The van der Waals surface area contributed by atoms with Gasteiger partial charge in [0.15, 0.2) is 11.6 Å². The van der Waals surface area contributed by atoms with Crippen LogP contribution in [-0.4, -0.2) is 20.7 Å². The first-order valence-electron chi connectivity index (χ1n) is 9.77. The second-order valence-electron chi connectivity index (χ2n) is 6.89. The van der Waals surface area contributed by atoms with Gasteiger partial charge in [-0.05, 0) is 42.0 Å². The lowest BCUT2D eigenvalue weighted by atomic mass is 10.2. The highest BCUT2D eigenvalue weighted by molar-refractivity contribution is 5.90. The average Bonchev–Trinajstić information content (AvgIpc) is 3.20. The van der Waals surface area contributed by atoms with Gasteiger partial charge in [0.05, 0.1) is 6.54 Å². The third-order valence-corrected chi connectivity index (χ3v) is 4.70. The molecule has 4 aromatic rings. The van der Waals surface area contributed by atoms with Gasteiger partial charge in [-0.1, -0.05) is 49.4 Å². The number of carbonyl (C=O) groups excluding carboxylic acids is 1. The Hall–Kier alpha value is -3.80. The molecule has 0 saturated heterocycles. The van der Waals surface area contributed by atoms with E-state index in [1.54, 1.807) is 12.1 Å². The number of hydrogen-bond acceptors (Lipinski definition) is 3. The summed E-state index contributed by atoms with van der Waals surface area (Å²) in [6.07, 6.45) is 0.428. The summed E-state index contributed by atoms with van der Waals surface area (Å²) in [7, 11) is 0. The minimum atomic E-state index is -0.267. The third-order valence-electron chi connectivity index (χ3n) is 4.70. The second kappa shape index (κ2) is 8.69. The first kappa shape index (κ1) is 19.5. The number of halogens is 1. The fraction of sp³-hybridized carbons (Fsp3) is 0.125. The molecule has 0 radical (unpaired) electrons. The molecule has 0 unspecified atom stereocenters. The quantitative estimate of drug-likeness (QED) is 0.487. The minimum Gasteiger partial charge on any atom is -0.326 e. The molecule has 6 heteroatoms. The van der Waals surface area contributed by atoms with Gasteiger partial charge >= 0.3 is 0 Å². The number of aromatic nitrogens is 3. The number of hydrogen-bond donors (Lipinski definition) is 1. The molecule has 0 aliphatic carbocycles. The number of amides is 1. The highest BCUT2D eigenvalue weighted by atomic mass is 19.1. The van der Waals surface area contributed by atoms with Crippen molar-refractivity contribution in [2.24, 2.45) is 0 Å². The smallest absolute Gasteiger partial charge is 0.224 e. The molecular weight excluding hydrogens is 379 g/mol. The zero-order valence-electron chi connectivity index (χ0n) is 16.5. The molecule has 0 fully saturated rings. The van der Waals surface area contributed by atoms with Gasteiger partial charge in [0.25, 0.3) is 0 Å². The van der Waals surface area contributed by atoms with E-state index >= 15 is 0 Å². The molecule has 0 saturated carbocycles. The molecule has 0 aliphatic heterocycles. The Morgan fingerprint density at radius 3 is 2.30 bits per heavy atom. The molecule has 5 nitrogen and oxygen atoms in total. The van der Waals surface area contributed by atoms with Gasteiger partial charge in [0.1, 0.15) is 5.82 Å². The highest BCUT2D eigenvalue weighted by Gasteiger charge is 2.14. The Morgan fingerprint density at radius 1 is 0.933 bits per heavy atom. The summed E-state index contributed by atoms with van der Waals surface area (Å²) in [5, 5.41) is 7.54. The van der Waals surface area contributed by atoms with Crippen LogP contribution in [0.1, 0.15) is 18.9 Å². The summed E-state index contributed by atoms with van der Waals surface area (Å²) < 4.78 is 15.1. The van der Waals surface area contributed by atoms with Crippen LogP contribution in [0.3, 0.4) is 0 Å². The Labute approximate surface area is 174 Å². The van der Waals surface area contributed by atoms with Crippen LogP contribution in [0.15, 0.2) is 78.9 Å². The third kappa shape index (κ3) is 4.43. The lowest BCUT2D eigenvalue weighted by Crippen LogP contribution is -2.09. The van der Waals surface area contributed by atoms with Crippen LogP contribution in [0.25, 0.3) is 22.8 Å². The van der Waals surface area contributed by atoms with Crippen molar-refractivity contribution in [2.75, 3.05) is 5.32 Å². The van der Waals surface area contributed by atoms with Gasteiger partial charge < -0.3 is 5.32 Å². The van der Waals surface area contributed by atoms with Crippen molar-refractivity contribution in [2.45, 2.75) is 19.9 Å². The first-order chi connectivity index (χ1) is 14.6. The van der Waals surface area contributed by atoms with Crippen LogP contribution in [0.2, 0.25) is 0 Å². The molecule has 150 valence electrons. The van der Waals surface area contributed by atoms with Crippen LogP contribution in [-0.2, 0) is 11.3 Å². The molecule has 0 aliphatic rings. The molecular formula is C24H21FN4O. The molecule has 1 heterocycles. The van der Waals surface area contributed by atoms with Crippen LogP contribution in [0, 0.1) is 5.82 Å². The van der Waals surface area contributed by atoms with Gasteiger partial charge in [0, 0.05) is 23.2 Å². The zero-order valence-corrected chi connectivity index (χ0v) is 16.5. The maximum Gasteiger partial charge on any atom is 0.224 e. The second-order valence-corrected chi connectivity index (χ2v) is 6.89. The molecule has 4 rings (SSSR count). The van der Waals surface area contributed by atoms with Crippen LogP contribution < -0.4 is 5.32 Å². The van der Waals surface area contributed by atoms with E-state index in [2.05, 4.69) is 5.32 Å². The summed E-state index contributed by atoms with van der Waals surface area (Å²) in [4.78, 5) is 16.3. The summed E-state index contributed by atoms with van der Waals surface area (Å²) in [5.41, 5.74) is 3.46. The van der Waals surface area contributed by atoms with Crippen molar-refractivity contribution in [3.8, 4) is 22.8 Å². The fourth-order valence-electron chi connectivity index (χ4n) is 3.09. The molecule has 0 atom stereocenters. The van der Waals surface area contributed by atoms with E-state index in [0.717, 1.165) is 28.2 Å². The number of carbonyl (C=O) groups is 1. The zero-order chi connectivity index (χ0) is 20.9. The number of benzene rings is 3. The van der Waals surface area contributed by atoms with Gasteiger partial charge in [-0.25, -0.2) is 14.1 Å². The molecule has 1 amide bonds. The molecule has 0 spiro atoms. The SMILES string of the molecule is CCC(=O)Nc1ccc(-c2nc(-c3ccccc3)n(Cc3ccc(F)cc3)n2)cc1. The Kier molecular flexibility index (Phi) is 5.66. The largest absolute Gasteiger partial charge is 0.326 e. The number of anilines is 1. The van der Waals surface area contributed by atoms with Crippen molar-refractivity contribution in [3.05, 3.63) is 90.2 Å². The average molecular weight is 400 g/mol. The molecule has 1 aromatic heterocycles. The lowest BCUT2D eigenvalue weighted by molar-refractivity contribution is -0.115. The Morgan fingerprint density at radius 2 is 1.63 bits per heavy atom. The van der Waals surface area contributed by atoms with Crippen molar-refractivity contribution in [3.63, 3.8) is 0 Å². The van der Waals surface area contributed by atoms with E-state index in [0.29, 0.717) is 18.8 Å². The van der Waals surface area contributed by atoms with Gasteiger partial charge in [0.2, 0.25) is 5.91 Å². The fourth-order valence-corrected chi connectivity index (χ4v) is 3.09. The monoisotopic (exact) mass is 400 g/mol. The summed E-state index contributed by atoms with van der Waals surface area (Å²) in [6, 6.07) is 23.7. The van der Waals surface area contributed by atoms with E-state index < -0.39 is 0 Å². The summed E-state index contributed by atoms with van der Waals surface area (Å²) >= 11 is 0. The van der Waals surface area contributed by atoms with E-state index in [9.17, 15) is 9.18 Å². The maximum atomic E-state index is 13.3. The maximum absolute atomic E-state index is 13.3. The van der Waals surface area contributed by atoms with E-state index in [1.807, 2.05) is 66.2 Å². The van der Waals surface area contributed by atoms with Crippen LogP contribution in [0.5, 0.6) is 0 Å². The summed E-state index contributed by atoms with van der Waals surface area (Å²) in [5.74, 6) is 1.02.